The summed E-state index contributed by atoms with van der Waals surface area (Å²) in [5, 5.41) is 6.20. The summed E-state index contributed by atoms with van der Waals surface area (Å²) in [4.78, 5) is 12.2. The highest BCUT2D eigenvalue weighted by atomic mass is 19.3. The molecule has 0 saturated carbocycles. The molecule has 6 heteroatoms. The molecule has 2 N–H and O–H groups in total. The van der Waals surface area contributed by atoms with Gasteiger partial charge in [-0.2, -0.15) is 0 Å². The molecule has 0 atom stereocenters. The summed E-state index contributed by atoms with van der Waals surface area (Å²) in [6.07, 6.45) is 0.724. The van der Waals surface area contributed by atoms with Crippen molar-refractivity contribution in [3.63, 3.8) is 0 Å². The minimum Gasteiger partial charge on any atom is -0.346 e. The van der Waals surface area contributed by atoms with Crippen molar-refractivity contribution in [3.05, 3.63) is 24.0 Å². The molecular weight excluding hydrogens is 252 g/mol. The third-order valence-electron chi connectivity index (χ3n) is 3.52. The van der Waals surface area contributed by atoms with Crippen molar-refractivity contribution in [1.82, 2.24) is 15.2 Å². The van der Waals surface area contributed by atoms with Gasteiger partial charge in [0.05, 0.1) is 6.54 Å². The van der Waals surface area contributed by atoms with Crippen LogP contribution < -0.4 is 10.6 Å². The van der Waals surface area contributed by atoms with Crippen molar-refractivity contribution in [2.45, 2.75) is 38.3 Å². The van der Waals surface area contributed by atoms with Gasteiger partial charge in [-0.05, 0) is 45.0 Å². The highest BCUT2D eigenvalue weighted by molar-refractivity contribution is 5.93. The van der Waals surface area contributed by atoms with E-state index < -0.39 is 13.0 Å². The van der Waals surface area contributed by atoms with Crippen LogP contribution in [0.5, 0.6) is 0 Å². The van der Waals surface area contributed by atoms with Gasteiger partial charge in [0.2, 0.25) is 0 Å². The predicted octanol–water partition coefficient (Wildman–Crippen LogP) is 1.63. The number of aromatic nitrogens is 1. The summed E-state index contributed by atoms with van der Waals surface area (Å²) >= 11 is 0. The van der Waals surface area contributed by atoms with Crippen LogP contribution in [0.15, 0.2) is 18.3 Å². The lowest BCUT2D eigenvalue weighted by molar-refractivity contribution is 0.0866. The van der Waals surface area contributed by atoms with Crippen LogP contribution in [0.3, 0.4) is 0 Å². The Bertz CT molecular complexity index is 439. The molecule has 1 amide bonds. The Kier molecular flexibility index (Phi) is 4.19. The molecule has 106 valence electrons. The van der Waals surface area contributed by atoms with Gasteiger partial charge in [0, 0.05) is 11.7 Å². The van der Waals surface area contributed by atoms with Gasteiger partial charge in [0.25, 0.3) is 12.3 Å². The highest BCUT2D eigenvalue weighted by Crippen LogP contribution is 2.18. The number of nitrogens with zero attached hydrogens (tertiary/aromatic N) is 1. The van der Waals surface area contributed by atoms with Crippen LogP contribution in [0.2, 0.25) is 0 Å². The molecule has 0 unspecified atom stereocenters. The molecule has 2 rings (SSSR count). The van der Waals surface area contributed by atoms with E-state index in [2.05, 4.69) is 10.6 Å². The van der Waals surface area contributed by atoms with Gasteiger partial charge in [0.1, 0.15) is 5.69 Å². The molecule has 1 fully saturated rings. The summed E-state index contributed by atoms with van der Waals surface area (Å²) < 4.78 is 26.1. The largest absolute Gasteiger partial charge is 0.346 e. The van der Waals surface area contributed by atoms with Crippen molar-refractivity contribution < 1.29 is 13.6 Å². The fraction of sp³-hybridized carbons (Fsp3) is 0.615. The zero-order valence-electron chi connectivity index (χ0n) is 11.0. The monoisotopic (exact) mass is 271 g/mol. The molecule has 0 spiro atoms. The summed E-state index contributed by atoms with van der Waals surface area (Å²) in [6.45, 7) is 3.25. The number of hydrogen-bond donors (Lipinski definition) is 2. The maximum atomic E-state index is 12.4. The molecule has 19 heavy (non-hydrogen) atoms. The second-order valence-electron chi connectivity index (χ2n) is 5.20. The molecule has 4 nitrogen and oxygen atoms in total. The molecule has 0 bridgehead atoms. The molecule has 0 aromatic carbocycles. The van der Waals surface area contributed by atoms with E-state index in [1.807, 2.05) is 6.92 Å². The highest BCUT2D eigenvalue weighted by Gasteiger charge is 2.29. The van der Waals surface area contributed by atoms with Crippen LogP contribution >= 0.6 is 0 Å². The second-order valence-corrected chi connectivity index (χ2v) is 5.20. The first-order valence-electron chi connectivity index (χ1n) is 6.47. The molecule has 2 heterocycles. The number of alkyl halides is 2. The third kappa shape index (κ3) is 3.53. The van der Waals surface area contributed by atoms with Gasteiger partial charge in [-0.25, -0.2) is 8.78 Å². The SMILES string of the molecule is CC1(NC(=O)c2cccn2CC(F)F)CCNCC1. The van der Waals surface area contributed by atoms with Crippen molar-refractivity contribution in [2.75, 3.05) is 13.1 Å². The Morgan fingerprint density at radius 3 is 2.84 bits per heavy atom. The van der Waals surface area contributed by atoms with Gasteiger partial charge in [0.15, 0.2) is 0 Å². The van der Waals surface area contributed by atoms with Crippen LogP contribution in [-0.2, 0) is 6.54 Å². The van der Waals surface area contributed by atoms with Gasteiger partial charge in [-0.3, -0.25) is 4.79 Å². The standard InChI is InChI=1S/C13H19F2N3O/c1-13(4-6-16-7-5-13)17-12(19)10-3-2-8-18(10)9-11(14)15/h2-3,8,11,16H,4-7,9H2,1H3,(H,17,19). The average Bonchev–Trinajstić information content (AvgIpc) is 2.76. The van der Waals surface area contributed by atoms with E-state index in [4.69, 9.17) is 0 Å². The maximum absolute atomic E-state index is 12.4. The Hall–Kier alpha value is -1.43. The van der Waals surface area contributed by atoms with Gasteiger partial charge in [-0.1, -0.05) is 0 Å². The van der Waals surface area contributed by atoms with E-state index in [0.717, 1.165) is 25.9 Å². The number of carbonyl (C=O) groups excluding carboxylic acids is 1. The molecule has 1 saturated heterocycles. The molecular formula is C13H19F2N3O. The summed E-state index contributed by atoms with van der Waals surface area (Å²) in [6, 6.07) is 3.18. The normalized spacial score (nSPS) is 18.5. The first-order chi connectivity index (χ1) is 9.00. The fourth-order valence-electron chi connectivity index (χ4n) is 2.37. The molecule has 0 aliphatic carbocycles. The van der Waals surface area contributed by atoms with Gasteiger partial charge < -0.3 is 15.2 Å². The molecule has 1 aliphatic rings. The summed E-state index contributed by atoms with van der Waals surface area (Å²) in [7, 11) is 0. The molecule has 1 aliphatic heterocycles. The van der Waals surface area contributed by atoms with E-state index in [9.17, 15) is 13.6 Å². The van der Waals surface area contributed by atoms with E-state index in [-0.39, 0.29) is 11.4 Å². The van der Waals surface area contributed by atoms with Crippen molar-refractivity contribution in [1.29, 1.82) is 0 Å². The lowest BCUT2D eigenvalue weighted by Crippen LogP contribution is -2.52. The second kappa shape index (κ2) is 5.69. The topological polar surface area (TPSA) is 46.1 Å². The van der Waals surface area contributed by atoms with Crippen LogP contribution in [0.4, 0.5) is 8.78 Å². The molecule has 1 aromatic heterocycles. The average molecular weight is 271 g/mol. The van der Waals surface area contributed by atoms with Crippen molar-refractivity contribution >= 4 is 5.91 Å². The van der Waals surface area contributed by atoms with Crippen molar-refractivity contribution in [3.8, 4) is 0 Å². The lowest BCUT2D eigenvalue weighted by atomic mass is 9.90. The quantitative estimate of drug-likeness (QED) is 0.874. The minimum absolute atomic E-state index is 0.262. The third-order valence-corrected chi connectivity index (χ3v) is 3.52. The summed E-state index contributed by atoms with van der Waals surface area (Å²) in [5.41, 5.74) is 0.0301. The van der Waals surface area contributed by atoms with Gasteiger partial charge >= 0.3 is 0 Å². The number of piperidine rings is 1. The lowest BCUT2D eigenvalue weighted by Gasteiger charge is -2.35. The van der Waals surface area contributed by atoms with Gasteiger partial charge in [-0.15, -0.1) is 0 Å². The van der Waals surface area contributed by atoms with Crippen molar-refractivity contribution in [2.24, 2.45) is 0 Å². The predicted molar refractivity (Wildman–Crippen MR) is 68.4 cm³/mol. The smallest absolute Gasteiger partial charge is 0.268 e. The number of amides is 1. The number of hydrogen-bond acceptors (Lipinski definition) is 2. The minimum atomic E-state index is -2.46. The number of nitrogens with one attached hydrogen (secondary N) is 2. The van der Waals surface area contributed by atoms with E-state index in [1.54, 1.807) is 12.1 Å². The Labute approximate surface area is 111 Å². The first kappa shape index (κ1) is 14.0. The van der Waals surface area contributed by atoms with Crippen LogP contribution in [0, 0.1) is 0 Å². The Morgan fingerprint density at radius 1 is 1.53 bits per heavy atom. The number of rotatable bonds is 4. The van der Waals surface area contributed by atoms with E-state index in [1.165, 1.54) is 10.8 Å². The molecule has 1 aromatic rings. The Morgan fingerprint density at radius 2 is 2.21 bits per heavy atom. The Balaban J connectivity index is 2.05. The zero-order chi connectivity index (χ0) is 13.9. The molecule has 0 radical (unpaired) electrons. The van der Waals surface area contributed by atoms with Crippen LogP contribution in [-0.4, -0.2) is 35.5 Å². The van der Waals surface area contributed by atoms with E-state index in [0.29, 0.717) is 5.69 Å². The maximum Gasteiger partial charge on any atom is 0.268 e. The first-order valence-corrected chi connectivity index (χ1v) is 6.47. The zero-order valence-corrected chi connectivity index (χ0v) is 11.0. The van der Waals surface area contributed by atoms with E-state index >= 15 is 0 Å². The number of halogens is 2. The summed E-state index contributed by atoms with van der Waals surface area (Å²) in [5.74, 6) is -0.282. The fourth-order valence-corrected chi connectivity index (χ4v) is 2.37. The van der Waals surface area contributed by atoms with Crippen LogP contribution in [0.25, 0.3) is 0 Å². The number of carbonyl (C=O) groups is 1. The van der Waals surface area contributed by atoms with Crippen LogP contribution in [0.1, 0.15) is 30.3 Å².